The summed E-state index contributed by atoms with van der Waals surface area (Å²) in [5.41, 5.74) is 6.64. The van der Waals surface area contributed by atoms with Gasteiger partial charge in [0.25, 0.3) is 0 Å². The Balaban J connectivity index is 2.48. The second kappa shape index (κ2) is 4.47. The molecule has 0 aliphatic heterocycles. The lowest BCUT2D eigenvalue weighted by molar-refractivity contribution is 0.0596. The number of nitrogen functional groups attached to an aromatic ring is 1. The number of benzene rings is 1. The van der Waals surface area contributed by atoms with E-state index in [4.69, 9.17) is 17.3 Å². The molecule has 88 valence electrons. The number of carbonyl (C=O) groups is 1. The first kappa shape index (κ1) is 11.5. The first-order chi connectivity index (χ1) is 8.13. The number of nitrogens with two attached hydrogens (primary N) is 1. The quantitative estimate of drug-likeness (QED) is 0.828. The molecule has 2 aromatic rings. The molecule has 1 aromatic heterocycles. The van der Waals surface area contributed by atoms with Gasteiger partial charge in [0.1, 0.15) is 12.1 Å². The molecule has 1 heterocycles. The number of hydrogen-bond acceptors (Lipinski definition) is 4. The Bertz CT molecular complexity index is 566. The fraction of sp³-hybridized carbons (Fsp3) is 0.0909. The van der Waals surface area contributed by atoms with E-state index in [1.807, 2.05) is 6.07 Å². The van der Waals surface area contributed by atoms with Crippen LogP contribution in [0, 0.1) is 0 Å². The lowest BCUT2D eigenvalue weighted by atomic mass is 10.3. The summed E-state index contributed by atoms with van der Waals surface area (Å²) in [4.78, 5) is 15.3. The maximum absolute atomic E-state index is 11.3. The third-order valence-corrected chi connectivity index (χ3v) is 2.50. The minimum atomic E-state index is -0.566. The molecular formula is C11H10ClN3O2. The van der Waals surface area contributed by atoms with E-state index in [9.17, 15) is 4.79 Å². The van der Waals surface area contributed by atoms with E-state index < -0.39 is 5.97 Å². The van der Waals surface area contributed by atoms with E-state index in [0.717, 1.165) is 5.69 Å². The van der Waals surface area contributed by atoms with Crippen molar-refractivity contribution >= 4 is 23.4 Å². The molecule has 6 heteroatoms. The number of nitrogens with zero attached hydrogens (tertiary/aromatic N) is 2. The number of anilines is 1. The van der Waals surface area contributed by atoms with Crippen LogP contribution in [0.4, 0.5) is 5.82 Å². The highest BCUT2D eigenvalue weighted by molar-refractivity contribution is 6.30. The van der Waals surface area contributed by atoms with Crippen molar-refractivity contribution in [1.82, 2.24) is 9.55 Å². The summed E-state index contributed by atoms with van der Waals surface area (Å²) in [7, 11) is 1.28. The number of halogens is 1. The Hall–Kier alpha value is -2.01. The molecule has 1 aromatic carbocycles. The average molecular weight is 252 g/mol. The number of ether oxygens (including phenoxy) is 1. The van der Waals surface area contributed by atoms with Crippen LogP contribution in [0.3, 0.4) is 0 Å². The lowest BCUT2D eigenvalue weighted by Crippen LogP contribution is -2.07. The van der Waals surface area contributed by atoms with Gasteiger partial charge in [0.2, 0.25) is 0 Å². The monoisotopic (exact) mass is 251 g/mol. The second-order valence-electron chi connectivity index (χ2n) is 3.32. The third kappa shape index (κ3) is 2.09. The standard InChI is InChI=1S/C11H10ClN3O2/c1-17-11(16)9-10(13)15(6-14-9)8-4-2-3-7(12)5-8/h2-6H,13H2,1H3. The summed E-state index contributed by atoms with van der Waals surface area (Å²) in [6, 6.07) is 7.07. The molecule has 0 atom stereocenters. The number of esters is 1. The fourth-order valence-corrected chi connectivity index (χ4v) is 1.63. The zero-order valence-electron chi connectivity index (χ0n) is 9.05. The van der Waals surface area contributed by atoms with Crippen molar-refractivity contribution in [1.29, 1.82) is 0 Å². The van der Waals surface area contributed by atoms with Crippen LogP contribution in [0.5, 0.6) is 0 Å². The van der Waals surface area contributed by atoms with E-state index in [-0.39, 0.29) is 11.5 Å². The molecule has 0 spiro atoms. The van der Waals surface area contributed by atoms with Gasteiger partial charge < -0.3 is 10.5 Å². The van der Waals surface area contributed by atoms with Crippen LogP contribution in [0.15, 0.2) is 30.6 Å². The summed E-state index contributed by atoms with van der Waals surface area (Å²) in [5.74, 6) is -0.345. The van der Waals surface area contributed by atoms with E-state index in [2.05, 4.69) is 9.72 Å². The van der Waals surface area contributed by atoms with Gasteiger partial charge in [-0.15, -0.1) is 0 Å². The highest BCUT2D eigenvalue weighted by Gasteiger charge is 2.16. The molecule has 17 heavy (non-hydrogen) atoms. The van der Waals surface area contributed by atoms with Crippen LogP contribution in [0.25, 0.3) is 5.69 Å². The maximum atomic E-state index is 11.3. The Morgan fingerprint density at radius 2 is 2.29 bits per heavy atom. The van der Waals surface area contributed by atoms with Crippen molar-refractivity contribution in [2.45, 2.75) is 0 Å². The van der Waals surface area contributed by atoms with Gasteiger partial charge in [0, 0.05) is 10.7 Å². The van der Waals surface area contributed by atoms with Crippen LogP contribution < -0.4 is 5.73 Å². The van der Waals surface area contributed by atoms with Gasteiger partial charge in [-0.2, -0.15) is 0 Å². The molecule has 5 nitrogen and oxygen atoms in total. The van der Waals surface area contributed by atoms with E-state index in [1.165, 1.54) is 13.4 Å². The smallest absolute Gasteiger partial charge is 0.360 e. The fourth-order valence-electron chi connectivity index (χ4n) is 1.44. The first-order valence-electron chi connectivity index (χ1n) is 4.80. The summed E-state index contributed by atoms with van der Waals surface area (Å²) >= 11 is 5.88. The number of imidazole rings is 1. The van der Waals surface area contributed by atoms with Gasteiger partial charge in [0.15, 0.2) is 5.69 Å². The van der Waals surface area contributed by atoms with Crippen molar-refractivity contribution < 1.29 is 9.53 Å². The largest absolute Gasteiger partial charge is 0.464 e. The van der Waals surface area contributed by atoms with Gasteiger partial charge in [-0.1, -0.05) is 17.7 Å². The van der Waals surface area contributed by atoms with Crippen molar-refractivity contribution in [3.8, 4) is 5.69 Å². The van der Waals surface area contributed by atoms with Crippen molar-refractivity contribution in [3.63, 3.8) is 0 Å². The number of hydrogen-bond donors (Lipinski definition) is 1. The number of aromatic nitrogens is 2. The van der Waals surface area contributed by atoms with Crippen molar-refractivity contribution in [2.75, 3.05) is 12.8 Å². The molecule has 0 unspecified atom stereocenters. The Labute approximate surface area is 103 Å². The molecule has 0 amide bonds. The zero-order chi connectivity index (χ0) is 12.4. The molecule has 0 aliphatic carbocycles. The zero-order valence-corrected chi connectivity index (χ0v) is 9.81. The Morgan fingerprint density at radius 3 is 2.94 bits per heavy atom. The van der Waals surface area contributed by atoms with Crippen LogP contribution in [-0.4, -0.2) is 22.6 Å². The molecule has 0 fully saturated rings. The summed E-state index contributed by atoms with van der Waals surface area (Å²) in [6.45, 7) is 0. The SMILES string of the molecule is COC(=O)c1ncn(-c2cccc(Cl)c2)c1N. The number of rotatable bonds is 2. The Morgan fingerprint density at radius 1 is 1.53 bits per heavy atom. The van der Waals surface area contributed by atoms with E-state index in [1.54, 1.807) is 22.8 Å². The van der Waals surface area contributed by atoms with E-state index >= 15 is 0 Å². The van der Waals surface area contributed by atoms with Crippen LogP contribution in [0.1, 0.15) is 10.5 Å². The van der Waals surface area contributed by atoms with Crippen LogP contribution in [-0.2, 0) is 4.74 Å². The predicted molar refractivity (Wildman–Crippen MR) is 64.3 cm³/mol. The Kier molecular flexibility index (Phi) is 3.01. The van der Waals surface area contributed by atoms with Gasteiger partial charge in [-0.3, -0.25) is 4.57 Å². The topological polar surface area (TPSA) is 70.1 Å². The third-order valence-electron chi connectivity index (χ3n) is 2.27. The van der Waals surface area contributed by atoms with Gasteiger partial charge in [-0.25, -0.2) is 9.78 Å². The predicted octanol–water partition coefficient (Wildman–Crippen LogP) is 1.89. The molecule has 0 saturated heterocycles. The minimum Gasteiger partial charge on any atom is -0.464 e. The summed E-state index contributed by atoms with van der Waals surface area (Å²) < 4.78 is 6.14. The van der Waals surface area contributed by atoms with Crippen LogP contribution >= 0.6 is 11.6 Å². The van der Waals surface area contributed by atoms with Crippen LogP contribution in [0.2, 0.25) is 5.02 Å². The second-order valence-corrected chi connectivity index (χ2v) is 3.76. The minimum absolute atomic E-state index is 0.0903. The molecule has 0 saturated carbocycles. The van der Waals surface area contributed by atoms with Gasteiger partial charge in [0.05, 0.1) is 7.11 Å². The average Bonchev–Trinajstić information content (AvgIpc) is 2.70. The molecular weight excluding hydrogens is 242 g/mol. The number of carbonyl (C=O) groups excluding carboxylic acids is 1. The van der Waals surface area contributed by atoms with Crippen molar-refractivity contribution in [3.05, 3.63) is 41.3 Å². The van der Waals surface area contributed by atoms with Gasteiger partial charge >= 0.3 is 5.97 Å². The normalized spacial score (nSPS) is 10.2. The van der Waals surface area contributed by atoms with Gasteiger partial charge in [-0.05, 0) is 18.2 Å². The molecule has 0 aliphatic rings. The summed E-state index contributed by atoms with van der Waals surface area (Å²) in [6.07, 6.45) is 1.45. The van der Waals surface area contributed by atoms with E-state index in [0.29, 0.717) is 5.02 Å². The number of methoxy groups -OCH3 is 1. The highest BCUT2D eigenvalue weighted by atomic mass is 35.5. The molecule has 2 N–H and O–H groups in total. The molecule has 0 radical (unpaired) electrons. The highest BCUT2D eigenvalue weighted by Crippen LogP contribution is 2.20. The summed E-state index contributed by atoms with van der Waals surface area (Å²) in [5, 5.41) is 0.579. The molecule has 0 bridgehead atoms. The molecule has 2 rings (SSSR count). The lowest BCUT2D eigenvalue weighted by Gasteiger charge is -2.05. The first-order valence-corrected chi connectivity index (χ1v) is 5.18. The van der Waals surface area contributed by atoms with Crippen molar-refractivity contribution in [2.24, 2.45) is 0 Å². The maximum Gasteiger partial charge on any atom is 0.360 e.